The Kier molecular flexibility index (Phi) is 4.67. The second kappa shape index (κ2) is 6.87. The van der Waals surface area contributed by atoms with E-state index in [1.165, 1.54) is 0 Å². The first-order chi connectivity index (χ1) is 11.2. The average Bonchev–Trinajstić information content (AvgIpc) is 3.03. The lowest BCUT2D eigenvalue weighted by atomic mass is 10.1. The summed E-state index contributed by atoms with van der Waals surface area (Å²) in [5.41, 5.74) is 2.11. The van der Waals surface area contributed by atoms with E-state index in [2.05, 4.69) is 25.5 Å². The van der Waals surface area contributed by atoms with E-state index in [1.54, 1.807) is 14.2 Å². The number of benzene rings is 2. The Balaban J connectivity index is 1.96. The van der Waals surface area contributed by atoms with E-state index in [-0.39, 0.29) is 0 Å². The van der Waals surface area contributed by atoms with Gasteiger partial charge in [0.05, 0.1) is 20.8 Å². The van der Waals surface area contributed by atoms with Crippen LogP contribution in [-0.4, -0.2) is 23.8 Å². The van der Waals surface area contributed by atoms with Gasteiger partial charge >= 0.3 is 0 Å². The quantitative estimate of drug-likeness (QED) is 0.666. The molecule has 0 unspecified atom stereocenters. The van der Waals surface area contributed by atoms with E-state index < -0.39 is 0 Å². The molecule has 23 heavy (non-hydrogen) atoms. The molecule has 2 aromatic carbocycles. The van der Waals surface area contributed by atoms with Crippen LogP contribution >= 0.6 is 15.9 Å². The van der Waals surface area contributed by atoms with Crippen LogP contribution in [0.25, 0.3) is 11.4 Å². The molecule has 0 fully saturated rings. The van der Waals surface area contributed by atoms with Crippen LogP contribution in [0.4, 0.5) is 0 Å². The largest absolute Gasteiger partial charge is 0.493 e. The second-order valence-corrected chi connectivity index (χ2v) is 5.95. The Labute approximate surface area is 143 Å². The predicted octanol–water partition coefficient (Wildman–Crippen LogP) is 4.38. The lowest BCUT2D eigenvalue weighted by molar-refractivity contribution is 0.351. The Morgan fingerprint density at radius 3 is 2.52 bits per heavy atom. The SMILES string of the molecule is COc1cccc(Cn2ccnc2-c2ccc(Br)cc2)c1OC. The van der Waals surface area contributed by atoms with Crippen molar-refractivity contribution >= 4 is 15.9 Å². The smallest absolute Gasteiger partial charge is 0.165 e. The molecule has 0 amide bonds. The van der Waals surface area contributed by atoms with Gasteiger partial charge in [-0.3, -0.25) is 0 Å². The van der Waals surface area contributed by atoms with Crippen LogP contribution in [0.2, 0.25) is 0 Å². The molecule has 3 aromatic rings. The van der Waals surface area contributed by atoms with Crippen LogP contribution in [-0.2, 0) is 6.54 Å². The molecule has 0 aliphatic rings. The zero-order chi connectivity index (χ0) is 16.2. The molecule has 0 N–H and O–H groups in total. The van der Waals surface area contributed by atoms with Gasteiger partial charge in [0.15, 0.2) is 11.5 Å². The van der Waals surface area contributed by atoms with E-state index >= 15 is 0 Å². The maximum absolute atomic E-state index is 5.51. The number of imidazole rings is 1. The standard InChI is InChI=1S/C18H17BrN2O2/c1-22-16-5-3-4-14(17(16)23-2)12-21-11-10-20-18(21)13-6-8-15(19)9-7-13/h3-11H,12H2,1-2H3. The molecule has 3 rings (SSSR count). The van der Waals surface area contributed by atoms with Gasteiger partial charge in [-0.1, -0.05) is 40.2 Å². The Hall–Kier alpha value is -2.27. The molecular formula is C18H17BrN2O2. The van der Waals surface area contributed by atoms with Crippen molar-refractivity contribution in [1.29, 1.82) is 0 Å². The summed E-state index contributed by atoms with van der Waals surface area (Å²) in [5, 5.41) is 0. The molecule has 0 saturated carbocycles. The number of hydrogen-bond donors (Lipinski definition) is 0. The van der Waals surface area contributed by atoms with Crippen LogP contribution in [0.3, 0.4) is 0 Å². The van der Waals surface area contributed by atoms with Crippen molar-refractivity contribution < 1.29 is 9.47 Å². The maximum Gasteiger partial charge on any atom is 0.165 e. The maximum atomic E-state index is 5.51. The molecule has 5 heteroatoms. The highest BCUT2D eigenvalue weighted by molar-refractivity contribution is 9.10. The topological polar surface area (TPSA) is 36.3 Å². The van der Waals surface area contributed by atoms with Gasteiger partial charge in [-0.05, 0) is 18.2 Å². The van der Waals surface area contributed by atoms with Crippen molar-refractivity contribution in [1.82, 2.24) is 9.55 Å². The summed E-state index contributed by atoms with van der Waals surface area (Å²) in [5.74, 6) is 2.41. The zero-order valence-electron chi connectivity index (χ0n) is 13.0. The summed E-state index contributed by atoms with van der Waals surface area (Å²) < 4.78 is 14.0. The number of methoxy groups -OCH3 is 2. The summed E-state index contributed by atoms with van der Waals surface area (Å²) in [6.07, 6.45) is 3.78. The third kappa shape index (κ3) is 3.24. The fraction of sp³-hybridized carbons (Fsp3) is 0.167. The third-order valence-corrected chi connectivity index (χ3v) is 4.17. The van der Waals surface area contributed by atoms with Crippen LogP contribution < -0.4 is 9.47 Å². The minimum atomic E-state index is 0.659. The summed E-state index contributed by atoms with van der Waals surface area (Å²) >= 11 is 3.46. The first-order valence-electron chi connectivity index (χ1n) is 7.20. The van der Waals surface area contributed by atoms with Crippen molar-refractivity contribution in [3.63, 3.8) is 0 Å². The van der Waals surface area contributed by atoms with Crippen LogP contribution in [0.5, 0.6) is 11.5 Å². The van der Waals surface area contributed by atoms with Gasteiger partial charge in [-0.15, -0.1) is 0 Å². The summed E-state index contributed by atoms with van der Waals surface area (Å²) in [7, 11) is 3.30. The van der Waals surface area contributed by atoms with E-state index in [0.717, 1.165) is 32.9 Å². The molecule has 118 valence electrons. The van der Waals surface area contributed by atoms with Crippen molar-refractivity contribution in [2.45, 2.75) is 6.54 Å². The number of para-hydroxylation sites is 1. The third-order valence-electron chi connectivity index (χ3n) is 3.64. The first-order valence-corrected chi connectivity index (χ1v) is 7.99. The molecule has 0 bridgehead atoms. The number of halogens is 1. The fourth-order valence-electron chi connectivity index (χ4n) is 2.56. The molecule has 0 saturated heterocycles. The van der Waals surface area contributed by atoms with Crippen molar-refractivity contribution in [2.24, 2.45) is 0 Å². The molecule has 0 spiro atoms. The van der Waals surface area contributed by atoms with Gasteiger partial charge in [-0.2, -0.15) is 0 Å². The van der Waals surface area contributed by atoms with Crippen molar-refractivity contribution in [3.05, 3.63) is 64.9 Å². The van der Waals surface area contributed by atoms with Crippen LogP contribution in [0.1, 0.15) is 5.56 Å². The first kappa shape index (κ1) is 15.6. The fourth-order valence-corrected chi connectivity index (χ4v) is 2.82. The normalized spacial score (nSPS) is 10.6. The van der Waals surface area contributed by atoms with Crippen molar-refractivity contribution in [3.8, 4) is 22.9 Å². The molecule has 1 aromatic heterocycles. The molecule has 1 heterocycles. The number of rotatable bonds is 5. The minimum Gasteiger partial charge on any atom is -0.493 e. The van der Waals surface area contributed by atoms with E-state index in [1.807, 2.05) is 54.9 Å². The van der Waals surface area contributed by atoms with Gasteiger partial charge in [0.2, 0.25) is 0 Å². The van der Waals surface area contributed by atoms with Crippen molar-refractivity contribution in [2.75, 3.05) is 14.2 Å². The predicted molar refractivity (Wildman–Crippen MR) is 94.0 cm³/mol. The second-order valence-electron chi connectivity index (χ2n) is 5.04. The molecule has 0 atom stereocenters. The average molecular weight is 373 g/mol. The van der Waals surface area contributed by atoms with Crippen LogP contribution in [0, 0.1) is 0 Å². The minimum absolute atomic E-state index is 0.659. The Morgan fingerprint density at radius 1 is 1.04 bits per heavy atom. The van der Waals surface area contributed by atoms with Gasteiger partial charge in [0, 0.05) is 28.0 Å². The Morgan fingerprint density at radius 2 is 1.83 bits per heavy atom. The number of aromatic nitrogens is 2. The highest BCUT2D eigenvalue weighted by Crippen LogP contribution is 2.32. The van der Waals surface area contributed by atoms with E-state index in [9.17, 15) is 0 Å². The van der Waals surface area contributed by atoms with Crippen LogP contribution in [0.15, 0.2) is 59.3 Å². The van der Waals surface area contributed by atoms with E-state index in [4.69, 9.17) is 9.47 Å². The summed E-state index contributed by atoms with van der Waals surface area (Å²) in [4.78, 5) is 4.49. The monoisotopic (exact) mass is 372 g/mol. The Bertz CT molecular complexity index is 797. The lowest BCUT2D eigenvalue weighted by Crippen LogP contribution is -2.04. The number of ether oxygens (including phenoxy) is 2. The highest BCUT2D eigenvalue weighted by atomic mass is 79.9. The summed E-state index contributed by atoms with van der Waals surface area (Å²) in [6.45, 7) is 0.659. The van der Waals surface area contributed by atoms with Gasteiger partial charge in [0.1, 0.15) is 5.82 Å². The molecular weight excluding hydrogens is 356 g/mol. The zero-order valence-corrected chi connectivity index (χ0v) is 14.6. The lowest BCUT2D eigenvalue weighted by Gasteiger charge is -2.14. The van der Waals surface area contributed by atoms with E-state index in [0.29, 0.717) is 6.54 Å². The van der Waals surface area contributed by atoms with Gasteiger partial charge in [0.25, 0.3) is 0 Å². The molecule has 0 aliphatic heterocycles. The summed E-state index contributed by atoms with van der Waals surface area (Å²) in [6, 6.07) is 14.0. The number of nitrogens with zero attached hydrogens (tertiary/aromatic N) is 2. The molecule has 0 aliphatic carbocycles. The van der Waals surface area contributed by atoms with Gasteiger partial charge in [-0.25, -0.2) is 4.98 Å². The highest BCUT2D eigenvalue weighted by Gasteiger charge is 2.12. The van der Waals surface area contributed by atoms with Gasteiger partial charge < -0.3 is 14.0 Å². The molecule has 0 radical (unpaired) electrons. The number of hydrogen-bond acceptors (Lipinski definition) is 3. The molecule has 4 nitrogen and oxygen atoms in total.